The van der Waals surface area contributed by atoms with E-state index in [-0.39, 0.29) is 12.1 Å². The second kappa shape index (κ2) is 4.69. The Morgan fingerprint density at radius 2 is 2.12 bits per heavy atom. The SMILES string of the molecule is CC1(C)CCC(OC(=O)c2sccc2N)CC1. The van der Waals surface area contributed by atoms with Gasteiger partial charge in [0.15, 0.2) is 0 Å². The first-order valence-corrected chi connectivity index (χ1v) is 6.90. The highest BCUT2D eigenvalue weighted by molar-refractivity contribution is 7.12. The first kappa shape index (κ1) is 12.4. The van der Waals surface area contributed by atoms with Crippen molar-refractivity contribution in [1.82, 2.24) is 0 Å². The molecule has 1 fully saturated rings. The fourth-order valence-corrected chi connectivity index (χ4v) is 2.88. The molecule has 0 unspecified atom stereocenters. The van der Waals surface area contributed by atoms with E-state index in [9.17, 15) is 4.79 Å². The summed E-state index contributed by atoms with van der Waals surface area (Å²) < 4.78 is 5.50. The lowest BCUT2D eigenvalue weighted by molar-refractivity contribution is 0.0101. The molecule has 0 aliphatic heterocycles. The average Bonchev–Trinajstić information content (AvgIpc) is 2.68. The van der Waals surface area contributed by atoms with E-state index >= 15 is 0 Å². The number of carbonyl (C=O) groups excluding carboxylic acids is 1. The molecule has 1 aliphatic carbocycles. The Labute approximate surface area is 106 Å². The van der Waals surface area contributed by atoms with Crippen molar-refractivity contribution in [3.05, 3.63) is 16.3 Å². The number of rotatable bonds is 2. The molecule has 4 heteroatoms. The lowest BCUT2D eigenvalue weighted by Crippen LogP contribution is -2.28. The molecule has 17 heavy (non-hydrogen) atoms. The smallest absolute Gasteiger partial charge is 0.350 e. The molecule has 1 saturated carbocycles. The van der Waals surface area contributed by atoms with Crippen molar-refractivity contribution in [2.24, 2.45) is 5.41 Å². The normalized spacial score (nSPS) is 20.1. The first-order valence-electron chi connectivity index (χ1n) is 6.02. The number of carbonyl (C=O) groups is 1. The molecule has 0 aromatic carbocycles. The maximum Gasteiger partial charge on any atom is 0.350 e. The first-order chi connectivity index (χ1) is 7.98. The van der Waals surface area contributed by atoms with Crippen LogP contribution in [0.25, 0.3) is 0 Å². The van der Waals surface area contributed by atoms with E-state index in [0.717, 1.165) is 25.7 Å². The summed E-state index contributed by atoms with van der Waals surface area (Å²) in [5.74, 6) is -0.262. The summed E-state index contributed by atoms with van der Waals surface area (Å²) in [5, 5.41) is 1.82. The van der Waals surface area contributed by atoms with Crippen molar-refractivity contribution >= 4 is 23.0 Å². The molecule has 1 aliphatic rings. The highest BCUT2D eigenvalue weighted by Crippen LogP contribution is 2.36. The van der Waals surface area contributed by atoms with E-state index in [4.69, 9.17) is 10.5 Å². The molecule has 0 saturated heterocycles. The molecule has 2 rings (SSSR count). The lowest BCUT2D eigenvalue weighted by Gasteiger charge is -2.33. The van der Waals surface area contributed by atoms with Gasteiger partial charge in [0.05, 0.1) is 5.69 Å². The fraction of sp³-hybridized carbons (Fsp3) is 0.615. The van der Waals surface area contributed by atoms with E-state index in [1.165, 1.54) is 11.3 Å². The van der Waals surface area contributed by atoms with Crippen LogP contribution in [0.4, 0.5) is 5.69 Å². The molecule has 1 heterocycles. The fourth-order valence-electron chi connectivity index (χ4n) is 2.18. The Balaban J connectivity index is 1.91. The van der Waals surface area contributed by atoms with Crippen molar-refractivity contribution in [1.29, 1.82) is 0 Å². The lowest BCUT2D eigenvalue weighted by atomic mass is 9.76. The Morgan fingerprint density at radius 1 is 1.47 bits per heavy atom. The summed E-state index contributed by atoms with van der Waals surface area (Å²) in [5.41, 5.74) is 6.62. The van der Waals surface area contributed by atoms with Gasteiger partial charge in [-0.05, 0) is 42.5 Å². The zero-order valence-corrected chi connectivity index (χ0v) is 11.2. The molecular formula is C13H19NO2S. The van der Waals surface area contributed by atoms with Gasteiger partial charge in [0.25, 0.3) is 0 Å². The van der Waals surface area contributed by atoms with E-state index in [1.54, 1.807) is 6.07 Å². The van der Waals surface area contributed by atoms with Crippen LogP contribution in [0.3, 0.4) is 0 Å². The highest BCUT2D eigenvalue weighted by atomic mass is 32.1. The van der Waals surface area contributed by atoms with Crippen molar-refractivity contribution in [3.8, 4) is 0 Å². The van der Waals surface area contributed by atoms with Gasteiger partial charge < -0.3 is 10.5 Å². The van der Waals surface area contributed by atoms with Crippen molar-refractivity contribution < 1.29 is 9.53 Å². The average molecular weight is 253 g/mol. The van der Waals surface area contributed by atoms with E-state index in [2.05, 4.69) is 13.8 Å². The zero-order chi connectivity index (χ0) is 12.5. The third-order valence-corrected chi connectivity index (χ3v) is 4.35. The number of esters is 1. The molecule has 0 spiro atoms. The monoisotopic (exact) mass is 253 g/mol. The summed E-state index contributed by atoms with van der Waals surface area (Å²) in [6, 6.07) is 1.74. The second-order valence-corrected chi connectivity index (χ2v) is 6.39. The van der Waals surface area contributed by atoms with Crippen LogP contribution in [-0.2, 0) is 4.74 Å². The van der Waals surface area contributed by atoms with Gasteiger partial charge in [0, 0.05) is 0 Å². The topological polar surface area (TPSA) is 52.3 Å². The summed E-state index contributed by atoms with van der Waals surface area (Å²) in [4.78, 5) is 12.4. The van der Waals surface area contributed by atoms with Crippen LogP contribution in [0, 0.1) is 5.41 Å². The van der Waals surface area contributed by atoms with Crippen LogP contribution in [0.5, 0.6) is 0 Å². The Bertz CT molecular complexity index is 401. The standard InChI is InChI=1S/C13H19NO2S/c1-13(2)6-3-9(4-7-13)16-12(15)11-10(14)5-8-17-11/h5,8-9H,3-4,6-7,14H2,1-2H3. The van der Waals surface area contributed by atoms with E-state index in [0.29, 0.717) is 16.0 Å². The minimum atomic E-state index is -0.262. The molecule has 1 aromatic rings. The molecule has 0 atom stereocenters. The zero-order valence-electron chi connectivity index (χ0n) is 10.4. The number of thiophene rings is 1. The van der Waals surface area contributed by atoms with Crippen LogP contribution in [0.2, 0.25) is 0 Å². The molecule has 0 radical (unpaired) electrons. The van der Waals surface area contributed by atoms with Gasteiger partial charge in [-0.2, -0.15) is 0 Å². The quantitative estimate of drug-likeness (QED) is 0.821. The van der Waals surface area contributed by atoms with Crippen LogP contribution < -0.4 is 5.73 Å². The van der Waals surface area contributed by atoms with Gasteiger partial charge in [-0.25, -0.2) is 4.79 Å². The summed E-state index contributed by atoms with van der Waals surface area (Å²) in [7, 11) is 0. The van der Waals surface area contributed by atoms with Gasteiger partial charge in [0.2, 0.25) is 0 Å². The van der Waals surface area contributed by atoms with Crippen LogP contribution >= 0.6 is 11.3 Å². The summed E-state index contributed by atoms with van der Waals surface area (Å²) >= 11 is 1.35. The number of nitrogen functional groups attached to an aromatic ring is 1. The number of ether oxygens (including phenoxy) is 1. The molecule has 0 amide bonds. The number of anilines is 1. The maximum absolute atomic E-state index is 11.9. The minimum absolute atomic E-state index is 0.0667. The molecule has 2 N–H and O–H groups in total. The number of nitrogens with two attached hydrogens (primary N) is 1. The van der Waals surface area contributed by atoms with Crippen LogP contribution in [0.15, 0.2) is 11.4 Å². The molecular weight excluding hydrogens is 234 g/mol. The van der Waals surface area contributed by atoms with Crippen molar-refractivity contribution in [2.75, 3.05) is 5.73 Å². The van der Waals surface area contributed by atoms with Gasteiger partial charge in [-0.1, -0.05) is 13.8 Å². The Hall–Kier alpha value is -1.03. The third kappa shape index (κ3) is 3.00. The number of hydrogen-bond donors (Lipinski definition) is 1. The third-order valence-electron chi connectivity index (χ3n) is 3.44. The minimum Gasteiger partial charge on any atom is -0.458 e. The largest absolute Gasteiger partial charge is 0.458 e. The molecule has 1 aromatic heterocycles. The number of hydrogen-bond acceptors (Lipinski definition) is 4. The second-order valence-electron chi connectivity index (χ2n) is 5.47. The van der Waals surface area contributed by atoms with Crippen molar-refractivity contribution in [3.63, 3.8) is 0 Å². The predicted molar refractivity (Wildman–Crippen MR) is 70.2 cm³/mol. The van der Waals surface area contributed by atoms with Crippen molar-refractivity contribution in [2.45, 2.75) is 45.6 Å². The maximum atomic E-state index is 11.9. The molecule has 3 nitrogen and oxygen atoms in total. The van der Waals surface area contributed by atoms with Gasteiger partial charge in [-0.3, -0.25) is 0 Å². The van der Waals surface area contributed by atoms with Crippen LogP contribution in [0.1, 0.15) is 49.2 Å². The van der Waals surface area contributed by atoms with E-state index < -0.39 is 0 Å². The molecule has 0 bridgehead atoms. The van der Waals surface area contributed by atoms with E-state index in [1.807, 2.05) is 5.38 Å². The summed E-state index contributed by atoms with van der Waals surface area (Å²) in [6.45, 7) is 4.53. The summed E-state index contributed by atoms with van der Waals surface area (Å²) in [6.07, 6.45) is 4.22. The van der Waals surface area contributed by atoms with Gasteiger partial charge >= 0.3 is 5.97 Å². The van der Waals surface area contributed by atoms with Gasteiger partial charge in [-0.15, -0.1) is 11.3 Å². The highest BCUT2D eigenvalue weighted by Gasteiger charge is 2.29. The Morgan fingerprint density at radius 3 is 2.65 bits per heavy atom. The van der Waals surface area contributed by atoms with Gasteiger partial charge in [0.1, 0.15) is 11.0 Å². The molecule has 94 valence electrons. The predicted octanol–water partition coefficient (Wildman–Crippen LogP) is 3.46. The Kier molecular flexibility index (Phi) is 3.43. The van der Waals surface area contributed by atoms with Crippen LogP contribution in [-0.4, -0.2) is 12.1 Å².